The monoisotopic (exact) mass is 379 g/mol. The van der Waals surface area contributed by atoms with Gasteiger partial charge in [0.1, 0.15) is 0 Å². The maximum absolute atomic E-state index is 12.8. The van der Waals surface area contributed by atoms with E-state index in [2.05, 4.69) is 11.4 Å². The number of anilines is 2. The Hall–Kier alpha value is -3.17. The van der Waals surface area contributed by atoms with Crippen molar-refractivity contribution in [1.29, 1.82) is 5.26 Å². The maximum Gasteiger partial charge on any atom is 0.282 e. The van der Waals surface area contributed by atoms with E-state index in [1.165, 1.54) is 0 Å². The Morgan fingerprint density at radius 3 is 2.29 bits per heavy atom. The lowest BCUT2D eigenvalue weighted by atomic mass is 10.1. The van der Waals surface area contributed by atoms with E-state index in [0.29, 0.717) is 6.54 Å². The fourth-order valence-corrected chi connectivity index (χ4v) is 3.05. The molecule has 28 heavy (non-hydrogen) atoms. The van der Waals surface area contributed by atoms with Gasteiger partial charge in [0.2, 0.25) is 0 Å². The second-order valence-corrected chi connectivity index (χ2v) is 6.91. The molecule has 2 aromatic rings. The minimum atomic E-state index is -0.133. The fourth-order valence-electron chi connectivity index (χ4n) is 3.05. The zero-order chi connectivity index (χ0) is 20.5. The van der Waals surface area contributed by atoms with E-state index < -0.39 is 0 Å². The highest BCUT2D eigenvalue weighted by Crippen LogP contribution is 2.19. The third-order valence-electron chi connectivity index (χ3n) is 4.48. The van der Waals surface area contributed by atoms with Gasteiger partial charge in [-0.1, -0.05) is 36.4 Å². The van der Waals surface area contributed by atoms with Crippen molar-refractivity contribution in [2.75, 3.05) is 36.9 Å². The molecule has 0 saturated heterocycles. The highest BCUT2D eigenvalue weighted by atomic mass is 16.2. The molecular formula is C22H27N4O2+. The van der Waals surface area contributed by atoms with Crippen LogP contribution in [0.1, 0.15) is 17.5 Å². The molecule has 2 N–H and O–H groups in total. The van der Waals surface area contributed by atoms with Crippen LogP contribution in [0.2, 0.25) is 0 Å². The van der Waals surface area contributed by atoms with Gasteiger partial charge in [-0.05, 0) is 37.1 Å². The van der Waals surface area contributed by atoms with Crippen LogP contribution in [0.25, 0.3) is 0 Å². The Bertz CT molecular complexity index is 838. The number of hydrogen-bond donors (Lipinski definition) is 2. The van der Waals surface area contributed by atoms with Gasteiger partial charge in [0.25, 0.3) is 11.8 Å². The average Bonchev–Trinajstić information content (AvgIpc) is 2.66. The molecule has 6 nitrogen and oxygen atoms in total. The third-order valence-corrected chi connectivity index (χ3v) is 4.48. The van der Waals surface area contributed by atoms with Gasteiger partial charge < -0.3 is 15.1 Å². The summed E-state index contributed by atoms with van der Waals surface area (Å²) in [5, 5.41) is 11.8. The van der Waals surface area contributed by atoms with Gasteiger partial charge in [-0.2, -0.15) is 5.26 Å². The van der Waals surface area contributed by atoms with Gasteiger partial charge in [0, 0.05) is 17.9 Å². The molecule has 0 radical (unpaired) electrons. The summed E-state index contributed by atoms with van der Waals surface area (Å²) in [6.07, 6.45) is 0.257. The number of rotatable bonds is 8. The number of nitrogens with one attached hydrogen (secondary N) is 2. The lowest BCUT2D eigenvalue weighted by Gasteiger charge is -2.23. The number of nitrogens with zero attached hydrogens (tertiary/aromatic N) is 2. The zero-order valence-corrected chi connectivity index (χ0v) is 16.7. The minimum Gasteiger partial charge on any atom is -0.322 e. The average molecular weight is 379 g/mol. The number of hydrogen-bond acceptors (Lipinski definition) is 3. The van der Waals surface area contributed by atoms with Gasteiger partial charge in [-0.15, -0.1) is 0 Å². The van der Waals surface area contributed by atoms with Gasteiger partial charge in [0.15, 0.2) is 13.1 Å². The Labute approximate surface area is 166 Å². The summed E-state index contributed by atoms with van der Waals surface area (Å²) in [4.78, 5) is 27.6. The first-order valence-electron chi connectivity index (χ1n) is 9.32. The van der Waals surface area contributed by atoms with Crippen LogP contribution in [0.5, 0.6) is 0 Å². The number of carbonyl (C=O) groups is 2. The van der Waals surface area contributed by atoms with Crippen LogP contribution in [0.3, 0.4) is 0 Å². The number of likely N-dealkylation sites (N-methyl/N-ethyl adjacent to an activating group) is 1. The van der Waals surface area contributed by atoms with Crippen molar-refractivity contribution in [3.05, 3.63) is 59.7 Å². The van der Waals surface area contributed by atoms with Crippen LogP contribution in [0.4, 0.5) is 11.4 Å². The molecule has 2 aromatic carbocycles. The normalized spacial score (nSPS) is 11.4. The van der Waals surface area contributed by atoms with Gasteiger partial charge >= 0.3 is 0 Å². The van der Waals surface area contributed by atoms with Gasteiger partial charge in [-0.25, -0.2) is 0 Å². The van der Waals surface area contributed by atoms with Crippen molar-refractivity contribution < 1.29 is 14.5 Å². The number of quaternary nitrogens is 1. The second kappa shape index (κ2) is 10.2. The number of benzene rings is 2. The molecule has 0 aliphatic heterocycles. The SMILES string of the molecule is Cc1cccc(C)c1NC(=O)C[NH+](C)CC(=O)N(CCC#N)c1ccccc1. The first-order chi connectivity index (χ1) is 13.4. The Morgan fingerprint density at radius 1 is 1.04 bits per heavy atom. The predicted molar refractivity (Wildman–Crippen MR) is 110 cm³/mol. The van der Waals surface area contributed by atoms with E-state index in [1.807, 2.05) is 69.4 Å². The summed E-state index contributed by atoms with van der Waals surface area (Å²) in [7, 11) is 1.82. The molecule has 0 spiro atoms. The topological polar surface area (TPSA) is 77.6 Å². The molecule has 0 bridgehead atoms. The number of aryl methyl sites for hydroxylation is 2. The van der Waals surface area contributed by atoms with E-state index in [4.69, 9.17) is 5.26 Å². The van der Waals surface area contributed by atoms with Crippen molar-refractivity contribution in [2.45, 2.75) is 20.3 Å². The van der Waals surface area contributed by atoms with Gasteiger partial charge in [0.05, 0.1) is 19.5 Å². The first-order valence-corrected chi connectivity index (χ1v) is 9.32. The van der Waals surface area contributed by atoms with Crippen LogP contribution in [0, 0.1) is 25.2 Å². The highest BCUT2D eigenvalue weighted by Gasteiger charge is 2.21. The van der Waals surface area contributed by atoms with E-state index in [9.17, 15) is 9.59 Å². The third kappa shape index (κ3) is 5.93. The summed E-state index contributed by atoms with van der Waals surface area (Å²) in [5.41, 5.74) is 3.60. The fraction of sp³-hybridized carbons (Fsp3) is 0.318. The Balaban J connectivity index is 1.98. The molecule has 2 rings (SSSR count). The standard InChI is InChI=1S/C22H26N4O2/c1-17-9-7-10-18(2)22(17)24-20(27)15-25(3)16-21(28)26(14-8-13-23)19-11-5-4-6-12-19/h4-7,9-12H,8,14-16H2,1-3H3,(H,24,27)/p+1. The molecule has 0 heterocycles. The number of carbonyl (C=O) groups excluding carboxylic acids is 2. The van der Waals surface area contributed by atoms with Gasteiger partial charge in [-0.3, -0.25) is 9.59 Å². The van der Waals surface area contributed by atoms with E-state index in [0.717, 1.165) is 27.4 Å². The molecule has 0 aromatic heterocycles. The Morgan fingerprint density at radius 2 is 1.68 bits per heavy atom. The maximum atomic E-state index is 12.8. The number of para-hydroxylation sites is 2. The smallest absolute Gasteiger partial charge is 0.282 e. The molecule has 146 valence electrons. The van der Waals surface area contributed by atoms with Crippen molar-refractivity contribution in [3.8, 4) is 6.07 Å². The zero-order valence-electron chi connectivity index (χ0n) is 16.7. The molecule has 2 amide bonds. The van der Waals surface area contributed by atoms with E-state index >= 15 is 0 Å². The highest BCUT2D eigenvalue weighted by molar-refractivity contribution is 5.95. The summed E-state index contributed by atoms with van der Waals surface area (Å²) >= 11 is 0. The molecule has 0 fully saturated rings. The van der Waals surface area contributed by atoms with Crippen molar-refractivity contribution in [3.63, 3.8) is 0 Å². The Kier molecular flexibility index (Phi) is 7.73. The van der Waals surface area contributed by atoms with Crippen molar-refractivity contribution in [1.82, 2.24) is 0 Å². The van der Waals surface area contributed by atoms with E-state index in [1.54, 1.807) is 4.90 Å². The molecule has 1 unspecified atom stereocenters. The summed E-state index contributed by atoms with van der Waals surface area (Å²) in [5.74, 6) is -0.246. The van der Waals surface area contributed by atoms with Crippen molar-refractivity contribution in [2.24, 2.45) is 0 Å². The van der Waals surface area contributed by atoms with Crippen molar-refractivity contribution >= 4 is 23.2 Å². The second-order valence-electron chi connectivity index (χ2n) is 6.91. The van der Waals surface area contributed by atoms with Crippen LogP contribution in [-0.2, 0) is 9.59 Å². The summed E-state index contributed by atoms with van der Waals surface area (Å²) in [6.45, 7) is 4.59. The largest absolute Gasteiger partial charge is 0.322 e. The molecule has 0 saturated carbocycles. The minimum absolute atomic E-state index is 0.112. The molecule has 1 atom stereocenters. The van der Waals surface area contributed by atoms with Crippen LogP contribution in [-0.4, -0.2) is 38.5 Å². The number of nitriles is 1. The van der Waals surface area contributed by atoms with Crippen LogP contribution < -0.4 is 15.1 Å². The molecule has 6 heteroatoms. The lowest BCUT2D eigenvalue weighted by molar-refractivity contribution is -0.862. The predicted octanol–water partition coefficient (Wildman–Crippen LogP) is 1.70. The van der Waals surface area contributed by atoms with Crippen LogP contribution in [0.15, 0.2) is 48.5 Å². The number of amides is 2. The molecule has 0 aliphatic carbocycles. The first kappa shape index (κ1) is 21.1. The van der Waals surface area contributed by atoms with Crippen LogP contribution >= 0.6 is 0 Å². The summed E-state index contributed by atoms with van der Waals surface area (Å²) < 4.78 is 0. The molecule has 0 aliphatic rings. The summed E-state index contributed by atoms with van der Waals surface area (Å²) in [6, 6.07) is 17.2. The quantitative estimate of drug-likeness (QED) is 0.733. The molecular weight excluding hydrogens is 352 g/mol. The lowest BCUT2D eigenvalue weighted by Crippen LogP contribution is -3.11. The van der Waals surface area contributed by atoms with E-state index in [-0.39, 0.29) is 31.3 Å².